The normalized spacial score (nSPS) is 12.6. The highest BCUT2D eigenvalue weighted by Gasteiger charge is 2.30. The highest BCUT2D eigenvalue weighted by molar-refractivity contribution is 6.89. The first-order chi connectivity index (χ1) is 14.4. The summed E-state index contributed by atoms with van der Waals surface area (Å²) in [5.41, 5.74) is 0. The van der Waals surface area contributed by atoms with E-state index in [2.05, 4.69) is 102 Å². The molecular formula is C25H22O2Si3. The Kier molecular flexibility index (Phi) is 4.88. The van der Waals surface area contributed by atoms with Crippen LogP contribution < -0.4 is 5.19 Å². The first-order valence-corrected chi connectivity index (χ1v) is 15.2. The summed E-state index contributed by atoms with van der Waals surface area (Å²) in [5, 5.41) is 11.5. The van der Waals surface area contributed by atoms with E-state index in [-0.39, 0.29) is 0 Å². The summed E-state index contributed by atoms with van der Waals surface area (Å²) in [7, 11) is -0.277. The summed E-state index contributed by atoms with van der Waals surface area (Å²) in [6.45, 7) is 6.51. The summed E-state index contributed by atoms with van der Waals surface area (Å²) in [6.07, 6.45) is 0. The molecule has 0 fully saturated rings. The van der Waals surface area contributed by atoms with Crippen molar-refractivity contribution in [3.63, 3.8) is 0 Å². The molecule has 5 rings (SSSR count). The van der Waals surface area contributed by atoms with Gasteiger partial charge in [0.15, 0.2) is 0 Å². The lowest BCUT2D eigenvalue weighted by atomic mass is 9.97. The third-order valence-electron chi connectivity index (χ3n) is 5.85. The molecule has 0 amide bonds. The Labute approximate surface area is 183 Å². The first kappa shape index (κ1) is 19.7. The lowest BCUT2D eigenvalue weighted by Crippen LogP contribution is -2.49. The topological polar surface area (TPSA) is 18.5 Å². The third-order valence-corrected chi connectivity index (χ3v) is 11.9. The Balaban J connectivity index is 1.74. The fraction of sp³-hybridized carbons (Fsp3) is 0.120. The molecule has 0 spiro atoms. The molecule has 0 aliphatic rings. The molecule has 5 heteroatoms. The predicted octanol–water partition coefficient (Wildman–Crippen LogP) is 5.95. The summed E-state index contributed by atoms with van der Waals surface area (Å²) >= 11 is 0. The van der Waals surface area contributed by atoms with Gasteiger partial charge in [-0.25, -0.2) is 0 Å². The van der Waals surface area contributed by atoms with Gasteiger partial charge < -0.3 is 8.23 Å². The molecule has 0 saturated carbocycles. The Morgan fingerprint density at radius 1 is 0.667 bits per heavy atom. The minimum atomic E-state index is -2.12. The molecule has 30 heavy (non-hydrogen) atoms. The van der Waals surface area contributed by atoms with Crippen LogP contribution in [0.3, 0.4) is 0 Å². The van der Waals surface area contributed by atoms with E-state index in [0.717, 1.165) is 0 Å². The lowest BCUT2D eigenvalue weighted by Gasteiger charge is -2.27. The van der Waals surface area contributed by atoms with Gasteiger partial charge in [0, 0.05) is 0 Å². The van der Waals surface area contributed by atoms with Crippen LogP contribution in [-0.2, 0) is 8.23 Å². The molecule has 0 atom stereocenters. The number of hydrogen-bond donors (Lipinski definition) is 0. The van der Waals surface area contributed by atoms with E-state index in [1.54, 1.807) is 0 Å². The molecule has 0 aliphatic heterocycles. The average Bonchev–Trinajstić information content (AvgIpc) is 2.73. The Hall–Kier alpha value is -2.29. The molecular weight excluding hydrogens is 417 g/mol. The molecule has 5 aromatic rings. The van der Waals surface area contributed by atoms with Crippen molar-refractivity contribution in [2.75, 3.05) is 0 Å². The lowest BCUT2D eigenvalue weighted by molar-refractivity contribution is 0.456. The summed E-state index contributed by atoms with van der Waals surface area (Å²) < 4.78 is 11.7. The molecule has 5 aromatic carbocycles. The highest BCUT2D eigenvalue weighted by Crippen LogP contribution is 2.30. The van der Waals surface area contributed by atoms with Gasteiger partial charge in [0.2, 0.25) is 18.8 Å². The zero-order valence-electron chi connectivity index (χ0n) is 17.3. The maximum Gasteiger partial charge on any atom is 0.359 e. The van der Waals surface area contributed by atoms with Gasteiger partial charge in [-0.3, -0.25) is 0 Å². The SMILES string of the molecule is C[Si](O[Si])O[Si](C)(C)c1cccc2cc3cc4cc5ccccc5cc4cc3cc12. The van der Waals surface area contributed by atoms with Gasteiger partial charge in [0.1, 0.15) is 0 Å². The van der Waals surface area contributed by atoms with Gasteiger partial charge in [-0.15, -0.1) is 0 Å². The summed E-state index contributed by atoms with van der Waals surface area (Å²) in [5.74, 6) is 0. The molecule has 0 saturated heterocycles. The van der Waals surface area contributed by atoms with Crippen molar-refractivity contribution in [3.8, 4) is 0 Å². The standard InChI is InChI=1S/C25H22O2Si3/c1-29(26-28)27-30(2,3)25-10-6-9-19-13-22-14-20-11-17-7-4-5-8-18(17)12-21(20)15-23(22)16-24(19)25/h4-16H,1-3H3. The largest absolute Gasteiger partial charge is 0.436 e. The molecule has 4 radical (unpaired) electrons. The minimum absolute atomic E-state index is 1.26. The number of benzene rings is 5. The van der Waals surface area contributed by atoms with Gasteiger partial charge in [0.25, 0.3) is 0 Å². The predicted molar refractivity (Wildman–Crippen MR) is 133 cm³/mol. The van der Waals surface area contributed by atoms with E-state index < -0.39 is 17.6 Å². The maximum atomic E-state index is 6.38. The van der Waals surface area contributed by atoms with Crippen LogP contribution in [-0.4, -0.2) is 28.1 Å². The van der Waals surface area contributed by atoms with Gasteiger partial charge in [0.05, 0.1) is 0 Å². The molecule has 2 nitrogen and oxygen atoms in total. The maximum absolute atomic E-state index is 6.38. The van der Waals surface area contributed by atoms with E-state index in [0.29, 0.717) is 0 Å². The van der Waals surface area contributed by atoms with E-state index >= 15 is 0 Å². The monoisotopic (exact) mass is 438 g/mol. The second-order valence-electron chi connectivity index (χ2n) is 8.33. The highest BCUT2D eigenvalue weighted by atomic mass is 28.4. The Morgan fingerprint density at radius 3 is 1.77 bits per heavy atom. The van der Waals surface area contributed by atoms with E-state index in [4.69, 9.17) is 8.23 Å². The van der Waals surface area contributed by atoms with Gasteiger partial charge in [-0.1, -0.05) is 42.5 Å². The smallest absolute Gasteiger partial charge is 0.359 e. The molecule has 0 aliphatic carbocycles. The van der Waals surface area contributed by atoms with E-state index in [1.165, 1.54) is 48.3 Å². The third kappa shape index (κ3) is 3.42. The molecule has 0 heterocycles. The number of fused-ring (bicyclic) bond motifs is 4. The summed E-state index contributed by atoms with van der Waals surface area (Å²) in [4.78, 5) is 0. The quantitative estimate of drug-likeness (QED) is 0.255. The van der Waals surface area contributed by atoms with Crippen LogP contribution in [0, 0.1) is 0 Å². The zero-order valence-corrected chi connectivity index (χ0v) is 20.3. The zero-order chi connectivity index (χ0) is 20.9. The second-order valence-corrected chi connectivity index (χ2v) is 14.5. The average molecular weight is 439 g/mol. The van der Waals surface area contributed by atoms with Crippen molar-refractivity contribution in [1.29, 1.82) is 0 Å². The van der Waals surface area contributed by atoms with Crippen LogP contribution in [0.2, 0.25) is 19.6 Å². The first-order valence-electron chi connectivity index (χ1n) is 10.1. The van der Waals surface area contributed by atoms with Crippen molar-refractivity contribution in [2.24, 2.45) is 0 Å². The van der Waals surface area contributed by atoms with Gasteiger partial charge >= 0.3 is 9.28 Å². The van der Waals surface area contributed by atoms with Crippen LogP contribution in [0.1, 0.15) is 0 Å². The van der Waals surface area contributed by atoms with E-state index in [1.807, 2.05) is 6.55 Å². The Bertz CT molecular complexity index is 1410. The van der Waals surface area contributed by atoms with Crippen LogP contribution in [0.15, 0.2) is 78.9 Å². The van der Waals surface area contributed by atoms with Crippen molar-refractivity contribution < 1.29 is 8.23 Å². The van der Waals surface area contributed by atoms with Crippen molar-refractivity contribution >= 4 is 76.4 Å². The fourth-order valence-corrected chi connectivity index (χ4v) is 9.65. The number of hydrogen-bond acceptors (Lipinski definition) is 2. The minimum Gasteiger partial charge on any atom is -0.436 e. The van der Waals surface area contributed by atoms with Gasteiger partial charge in [-0.2, -0.15) is 0 Å². The molecule has 0 bridgehead atoms. The van der Waals surface area contributed by atoms with Gasteiger partial charge in [-0.05, 0) is 104 Å². The van der Waals surface area contributed by atoms with Crippen LogP contribution >= 0.6 is 0 Å². The van der Waals surface area contributed by atoms with Crippen molar-refractivity contribution in [3.05, 3.63) is 78.9 Å². The molecule has 146 valence electrons. The van der Waals surface area contributed by atoms with E-state index in [9.17, 15) is 0 Å². The van der Waals surface area contributed by atoms with Crippen LogP contribution in [0.4, 0.5) is 0 Å². The van der Waals surface area contributed by atoms with Crippen LogP contribution in [0.5, 0.6) is 0 Å². The van der Waals surface area contributed by atoms with Crippen molar-refractivity contribution in [2.45, 2.75) is 19.6 Å². The molecule has 0 N–H and O–H groups in total. The Morgan fingerprint density at radius 2 is 1.17 bits per heavy atom. The van der Waals surface area contributed by atoms with Crippen LogP contribution in [0.25, 0.3) is 43.1 Å². The fourth-order valence-electron chi connectivity index (χ4n) is 4.43. The second kappa shape index (κ2) is 7.44. The number of rotatable bonds is 4. The molecule has 0 unspecified atom stereocenters. The molecule has 0 aromatic heterocycles. The van der Waals surface area contributed by atoms with Crippen molar-refractivity contribution in [1.82, 2.24) is 0 Å². The summed E-state index contributed by atoms with van der Waals surface area (Å²) in [6, 6.07) is 29.0.